The number of rotatable bonds is 5. The lowest BCUT2D eigenvalue weighted by atomic mass is 10.1. The van der Waals surface area contributed by atoms with Crippen molar-refractivity contribution in [1.29, 1.82) is 0 Å². The van der Waals surface area contributed by atoms with E-state index in [4.69, 9.17) is 21.1 Å². The minimum absolute atomic E-state index is 0.166. The molecule has 1 amide bonds. The summed E-state index contributed by atoms with van der Waals surface area (Å²) in [6, 6.07) is 10.1. The van der Waals surface area contributed by atoms with Crippen molar-refractivity contribution in [2.75, 3.05) is 26.4 Å². The number of nitrogens with zero attached hydrogens (tertiary/aromatic N) is 2. The van der Waals surface area contributed by atoms with Gasteiger partial charge in [-0.2, -0.15) is 5.10 Å². The number of aromatic nitrogens is 2. The third-order valence-electron chi connectivity index (χ3n) is 3.69. The number of carbonyl (C=O) groups is 1. The third-order valence-corrected chi connectivity index (χ3v) is 3.93. The van der Waals surface area contributed by atoms with Gasteiger partial charge in [-0.1, -0.05) is 23.7 Å². The molecule has 0 aliphatic carbocycles. The van der Waals surface area contributed by atoms with Crippen molar-refractivity contribution in [3.05, 3.63) is 51.8 Å². The van der Waals surface area contributed by atoms with Crippen LogP contribution in [0, 0.1) is 0 Å². The first-order valence-corrected chi connectivity index (χ1v) is 8.30. The third kappa shape index (κ3) is 4.88. The molecule has 132 valence electrons. The fourth-order valence-corrected chi connectivity index (χ4v) is 2.63. The maximum atomic E-state index is 12.1. The van der Waals surface area contributed by atoms with Crippen molar-refractivity contribution >= 4 is 17.5 Å². The van der Waals surface area contributed by atoms with Gasteiger partial charge in [0.2, 0.25) is 5.91 Å². The van der Waals surface area contributed by atoms with E-state index in [0.717, 1.165) is 10.2 Å². The van der Waals surface area contributed by atoms with Gasteiger partial charge in [0.15, 0.2) is 0 Å². The lowest BCUT2D eigenvalue weighted by molar-refractivity contribution is -0.124. The minimum Gasteiger partial charge on any atom is -0.376 e. The summed E-state index contributed by atoms with van der Waals surface area (Å²) in [4.78, 5) is 24.0. The molecule has 1 aromatic heterocycles. The molecule has 8 heteroatoms. The predicted octanol–water partition coefficient (Wildman–Crippen LogP) is 1.10. The summed E-state index contributed by atoms with van der Waals surface area (Å²) in [5.74, 6) is -0.313. The van der Waals surface area contributed by atoms with E-state index in [1.54, 1.807) is 24.3 Å². The molecule has 0 spiro atoms. The quantitative estimate of drug-likeness (QED) is 0.860. The van der Waals surface area contributed by atoms with E-state index in [-0.39, 0.29) is 24.1 Å². The Kier molecular flexibility index (Phi) is 5.80. The lowest BCUT2D eigenvalue weighted by Gasteiger charge is -2.23. The van der Waals surface area contributed by atoms with Crippen molar-refractivity contribution in [3.63, 3.8) is 0 Å². The molecule has 7 nitrogen and oxygen atoms in total. The number of hydrogen-bond donors (Lipinski definition) is 1. The SMILES string of the molecule is O=C(Cn1nc(-c2cccc(Cl)c2)ccc1=O)NC[C@@H]1COCCO1. The van der Waals surface area contributed by atoms with Gasteiger partial charge in [0.25, 0.3) is 5.56 Å². The van der Waals surface area contributed by atoms with Gasteiger partial charge >= 0.3 is 0 Å². The topological polar surface area (TPSA) is 82.5 Å². The molecule has 0 unspecified atom stereocenters. The number of ether oxygens (including phenoxy) is 2. The molecular weight excluding hydrogens is 346 g/mol. The second kappa shape index (κ2) is 8.24. The fraction of sp³-hybridized carbons (Fsp3) is 0.353. The molecule has 1 saturated heterocycles. The molecule has 1 atom stereocenters. The highest BCUT2D eigenvalue weighted by Crippen LogP contribution is 2.19. The van der Waals surface area contributed by atoms with Crippen LogP contribution in [0.4, 0.5) is 0 Å². The van der Waals surface area contributed by atoms with Gasteiger partial charge in [-0.15, -0.1) is 0 Å². The summed E-state index contributed by atoms with van der Waals surface area (Å²) in [6.07, 6.45) is -0.167. The van der Waals surface area contributed by atoms with Crippen molar-refractivity contribution in [2.45, 2.75) is 12.6 Å². The van der Waals surface area contributed by atoms with Crippen LogP contribution in [-0.2, 0) is 20.8 Å². The number of carbonyl (C=O) groups excluding carboxylic acids is 1. The van der Waals surface area contributed by atoms with E-state index in [0.29, 0.717) is 37.1 Å². The van der Waals surface area contributed by atoms with Crippen LogP contribution in [0.15, 0.2) is 41.2 Å². The normalized spacial score (nSPS) is 17.2. The average Bonchev–Trinajstić information content (AvgIpc) is 2.63. The second-order valence-corrected chi connectivity index (χ2v) is 6.03. The van der Waals surface area contributed by atoms with Crippen molar-refractivity contribution in [3.8, 4) is 11.3 Å². The molecule has 1 fully saturated rings. The first-order valence-electron chi connectivity index (χ1n) is 7.92. The minimum atomic E-state index is -0.349. The predicted molar refractivity (Wildman–Crippen MR) is 92.5 cm³/mol. The van der Waals surface area contributed by atoms with Gasteiger partial charge in [0, 0.05) is 23.2 Å². The van der Waals surface area contributed by atoms with Crippen LogP contribution >= 0.6 is 11.6 Å². The van der Waals surface area contributed by atoms with Crippen LogP contribution in [0.3, 0.4) is 0 Å². The molecule has 1 aliphatic rings. The van der Waals surface area contributed by atoms with E-state index in [9.17, 15) is 9.59 Å². The van der Waals surface area contributed by atoms with Gasteiger partial charge in [0.1, 0.15) is 6.54 Å². The van der Waals surface area contributed by atoms with Crippen molar-refractivity contribution in [2.24, 2.45) is 0 Å². The molecule has 25 heavy (non-hydrogen) atoms. The Morgan fingerprint density at radius 1 is 1.32 bits per heavy atom. The molecule has 2 heterocycles. The van der Waals surface area contributed by atoms with Gasteiger partial charge in [-0.3, -0.25) is 9.59 Å². The zero-order valence-electron chi connectivity index (χ0n) is 13.5. The lowest BCUT2D eigenvalue weighted by Crippen LogP contribution is -2.41. The van der Waals surface area contributed by atoms with Crippen LogP contribution < -0.4 is 10.9 Å². The molecule has 0 bridgehead atoms. The Morgan fingerprint density at radius 2 is 2.20 bits per heavy atom. The Hall–Kier alpha value is -2.22. The monoisotopic (exact) mass is 363 g/mol. The maximum absolute atomic E-state index is 12.1. The average molecular weight is 364 g/mol. The number of nitrogens with one attached hydrogen (secondary N) is 1. The highest BCUT2D eigenvalue weighted by Gasteiger charge is 2.16. The fourth-order valence-electron chi connectivity index (χ4n) is 2.44. The summed E-state index contributed by atoms with van der Waals surface area (Å²) in [7, 11) is 0. The zero-order chi connectivity index (χ0) is 17.6. The Labute approximate surface area is 149 Å². The molecule has 2 aromatic rings. The van der Waals surface area contributed by atoms with Gasteiger partial charge in [0.05, 0.1) is 31.6 Å². The highest BCUT2D eigenvalue weighted by atomic mass is 35.5. The van der Waals surface area contributed by atoms with Crippen molar-refractivity contribution < 1.29 is 14.3 Å². The van der Waals surface area contributed by atoms with E-state index >= 15 is 0 Å². The molecule has 3 rings (SSSR count). The van der Waals surface area contributed by atoms with Crippen LogP contribution in [0.5, 0.6) is 0 Å². The van der Waals surface area contributed by atoms with Crippen LogP contribution in [0.25, 0.3) is 11.3 Å². The first kappa shape index (κ1) is 17.6. The summed E-state index contributed by atoms with van der Waals surface area (Å²) in [5.41, 5.74) is 0.992. The summed E-state index contributed by atoms with van der Waals surface area (Å²) < 4.78 is 11.9. The van der Waals surface area contributed by atoms with Gasteiger partial charge in [-0.25, -0.2) is 4.68 Å². The Bertz CT molecular complexity index is 802. The maximum Gasteiger partial charge on any atom is 0.267 e. The smallest absolute Gasteiger partial charge is 0.267 e. The second-order valence-electron chi connectivity index (χ2n) is 5.60. The van der Waals surface area contributed by atoms with E-state index in [1.165, 1.54) is 6.07 Å². The number of amides is 1. The zero-order valence-corrected chi connectivity index (χ0v) is 14.2. The van der Waals surface area contributed by atoms with E-state index in [2.05, 4.69) is 10.4 Å². The molecule has 1 aromatic carbocycles. The number of halogens is 1. The van der Waals surface area contributed by atoms with Crippen LogP contribution in [0.2, 0.25) is 5.02 Å². The highest BCUT2D eigenvalue weighted by molar-refractivity contribution is 6.30. The molecule has 1 N–H and O–H groups in total. The van der Waals surface area contributed by atoms with Gasteiger partial charge < -0.3 is 14.8 Å². The Morgan fingerprint density at radius 3 is 2.96 bits per heavy atom. The molecule has 0 radical (unpaired) electrons. The van der Waals surface area contributed by atoms with E-state index < -0.39 is 0 Å². The Balaban J connectivity index is 1.66. The largest absolute Gasteiger partial charge is 0.376 e. The van der Waals surface area contributed by atoms with Crippen LogP contribution in [0.1, 0.15) is 0 Å². The number of hydrogen-bond acceptors (Lipinski definition) is 5. The van der Waals surface area contributed by atoms with Crippen molar-refractivity contribution in [1.82, 2.24) is 15.1 Å². The number of benzene rings is 1. The summed E-state index contributed by atoms with van der Waals surface area (Å²) in [6.45, 7) is 1.70. The summed E-state index contributed by atoms with van der Waals surface area (Å²) in [5, 5.41) is 7.55. The van der Waals surface area contributed by atoms with Crippen LogP contribution in [-0.4, -0.2) is 48.2 Å². The van der Waals surface area contributed by atoms with Gasteiger partial charge in [-0.05, 0) is 18.2 Å². The first-order chi connectivity index (χ1) is 12.1. The molecule has 0 saturated carbocycles. The summed E-state index contributed by atoms with van der Waals surface area (Å²) >= 11 is 5.98. The molecule has 1 aliphatic heterocycles. The van der Waals surface area contributed by atoms with E-state index in [1.807, 2.05) is 6.07 Å². The standard InChI is InChI=1S/C17H18ClN3O4/c18-13-3-1-2-12(8-13)15-4-5-17(23)21(20-15)10-16(22)19-9-14-11-24-6-7-25-14/h1-5,8,14H,6-7,9-11H2,(H,19,22)/t14-/m1/s1. The molecular formula is C17H18ClN3O4.